The van der Waals surface area contributed by atoms with Crippen LogP contribution in [0.15, 0.2) is 30.3 Å². The van der Waals surface area contributed by atoms with Gasteiger partial charge in [0.15, 0.2) is 0 Å². The molecule has 0 aliphatic heterocycles. The van der Waals surface area contributed by atoms with Crippen LogP contribution in [0.2, 0.25) is 0 Å². The molecule has 2 aromatic carbocycles. The third-order valence-electron chi connectivity index (χ3n) is 3.18. The zero-order valence-electron chi connectivity index (χ0n) is 11.4. The molecular formula is C15H19N3O2. The van der Waals surface area contributed by atoms with Crippen molar-refractivity contribution >= 4 is 17.1 Å². The molecule has 0 amide bonds. The Kier molecular flexibility index (Phi) is 4.00. The van der Waals surface area contributed by atoms with Crippen molar-refractivity contribution in [2.75, 3.05) is 30.9 Å². The average Bonchev–Trinajstić information content (AvgIpc) is 2.43. The second kappa shape index (κ2) is 5.71. The van der Waals surface area contributed by atoms with Crippen molar-refractivity contribution in [2.45, 2.75) is 6.42 Å². The maximum Gasteiger partial charge on any atom is 0.123 e. The summed E-state index contributed by atoms with van der Waals surface area (Å²) in [5.74, 6) is 0.120. The molecule has 20 heavy (non-hydrogen) atoms. The van der Waals surface area contributed by atoms with E-state index in [4.69, 9.17) is 21.9 Å². The lowest BCUT2D eigenvalue weighted by Gasteiger charge is -2.13. The zero-order chi connectivity index (χ0) is 14.7. The Morgan fingerprint density at radius 1 is 1.05 bits per heavy atom. The van der Waals surface area contributed by atoms with Gasteiger partial charge in [0.1, 0.15) is 5.75 Å². The summed E-state index contributed by atoms with van der Waals surface area (Å²) in [5.41, 5.74) is 21.5. The molecule has 0 aromatic heterocycles. The second-order valence-corrected chi connectivity index (χ2v) is 4.67. The average molecular weight is 273 g/mol. The number of methoxy groups -OCH3 is 1. The van der Waals surface area contributed by atoms with E-state index < -0.39 is 0 Å². The molecule has 0 aliphatic rings. The normalized spacial score (nSPS) is 10.7. The number of hydrogen-bond donors (Lipinski definition) is 4. The van der Waals surface area contributed by atoms with Gasteiger partial charge in [-0.3, -0.25) is 0 Å². The third-order valence-corrected chi connectivity index (χ3v) is 3.18. The van der Waals surface area contributed by atoms with Crippen LogP contribution in [0.5, 0.6) is 5.75 Å². The van der Waals surface area contributed by atoms with Crippen molar-refractivity contribution < 1.29 is 9.84 Å². The van der Waals surface area contributed by atoms with Gasteiger partial charge in [0.25, 0.3) is 0 Å². The highest BCUT2D eigenvalue weighted by Gasteiger charge is 2.12. The summed E-state index contributed by atoms with van der Waals surface area (Å²) in [4.78, 5) is 0. The zero-order valence-corrected chi connectivity index (χ0v) is 11.4. The van der Waals surface area contributed by atoms with Gasteiger partial charge in [-0.25, -0.2) is 0 Å². The van der Waals surface area contributed by atoms with Gasteiger partial charge in [0.05, 0.1) is 18.0 Å². The number of phenolic OH excluding ortho intramolecular Hbond substituents is 1. The first kappa shape index (κ1) is 14.0. The number of hydrogen-bond acceptors (Lipinski definition) is 5. The minimum atomic E-state index is 0.120. The van der Waals surface area contributed by atoms with Gasteiger partial charge in [-0.2, -0.15) is 0 Å². The van der Waals surface area contributed by atoms with E-state index in [1.807, 2.05) is 12.1 Å². The maximum absolute atomic E-state index is 9.99. The first-order chi connectivity index (χ1) is 9.52. The van der Waals surface area contributed by atoms with Gasteiger partial charge in [-0.1, -0.05) is 0 Å². The lowest BCUT2D eigenvalue weighted by molar-refractivity contribution is 0.202. The van der Waals surface area contributed by atoms with E-state index in [9.17, 15) is 5.11 Å². The molecule has 0 fully saturated rings. The molecule has 0 atom stereocenters. The highest BCUT2D eigenvalue weighted by molar-refractivity contribution is 5.88. The van der Waals surface area contributed by atoms with E-state index in [-0.39, 0.29) is 5.75 Å². The summed E-state index contributed by atoms with van der Waals surface area (Å²) in [5, 5.41) is 9.99. The van der Waals surface area contributed by atoms with Crippen LogP contribution < -0.4 is 17.2 Å². The number of phenols is 1. The maximum atomic E-state index is 9.99. The van der Waals surface area contributed by atoms with E-state index in [0.717, 1.165) is 12.0 Å². The van der Waals surface area contributed by atoms with Crippen LogP contribution in [0.1, 0.15) is 5.56 Å². The first-order valence-electron chi connectivity index (χ1n) is 6.28. The van der Waals surface area contributed by atoms with Crippen LogP contribution in [-0.2, 0) is 11.2 Å². The quantitative estimate of drug-likeness (QED) is 0.503. The lowest BCUT2D eigenvalue weighted by atomic mass is 9.97. The van der Waals surface area contributed by atoms with Crippen molar-refractivity contribution in [1.82, 2.24) is 0 Å². The molecule has 0 aliphatic carbocycles. The molecule has 0 unspecified atom stereocenters. The largest absolute Gasteiger partial charge is 0.507 e. The second-order valence-electron chi connectivity index (χ2n) is 4.67. The van der Waals surface area contributed by atoms with Crippen molar-refractivity contribution in [3.63, 3.8) is 0 Å². The third kappa shape index (κ3) is 2.78. The molecule has 5 heteroatoms. The van der Waals surface area contributed by atoms with E-state index in [2.05, 4.69) is 0 Å². The molecule has 7 N–H and O–H groups in total. The van der Waals surface area contributed by atoms with Crippen molar-refractivity contribution in [3.05, 3.63) is 35.9 Å². The van der Waals surface area contributed by atoms with Crippen LogP contribution in [0, 0.1) is 0 Å². The SMILES string of the molecule is COCCc1cc(N)c(N)c(-c2cc(N)ccc2O)c1. The van der Waals surface area contributed by atoms with Gasteiger partial charge in [-0.05, 0) is 42.3 Å². The summed E-state index contributed by atoms with van der Waals surface area (Å²) >= 11 is 0. The summed E-state index contributed by atoms with van der Waals surface area (Å²) < 4.78 is 5.06. The van der Waals surface area contributed by atoms with Crippen LogP contribution in [0.3, 0.4) is 0 Å². The van der Waals surface area contributed by atoms with Gasteiger partial charge in [-0.15, -0.1) is 0 Å². The number of rotatable bonds is 4. The van der Waals surface area contributed by atoms with E-state index in [0.29, 0.717) is 34.8 Å². The fourth-order valence-corrected chi connectivity index (χ4v) is 2.09. The summed E-state index contributed by atoms with van der Waals surface area (Å²) in [7, 11) is 1.64. The number of nitrogen functional groups attached to an aromatic ring is 3. The molecule has 0 radical (unpaired) electrons. The highest BCUT2D eigenvalue weighted by Crippen LogP contribution is 2.37. The van der Waals surface area contributed by atoms with Crippen molar-refractivity contribution in [2.24, 2.45) is 0 Å². The van der Waals surface area contributed by atoms with Crippen molar-refractivity contribution in [1.29, 1.82) is 0 Å². The number of benzene rings is 2. The molecule has 2 rings (SSSR count). The fraction of sp³-hybridized carbons (Fsp3) is 0.200. The first-order valence-corrected chi connectivity index (χ1v) is 6.28. The monoisotopic (exact) mass is 273 g/mol. The fourth-order valence-electron chi connectivity index (χ4n) is 2.09. The molecule has 106 valence electrons. The molecule has 0 bridgehead atoms. The van der Waals surface area contributed by atoms with Gasteiger partial charge in [0, 0.05) is 23.9 Å². The Hall–Kier alpha value is -2.40. The van der Waals surface area contributed by atoms with E-state index in [1.54, 1.807) is 25.3 Å². The molecule has 0 heterocycles. The number of ether oxygens (including phenoxy) is 1. The molecule has 0 saturated heterocycles. The van der Waals surface area contributed by atoms with Crippen LogP contribution in [-0.4, -0.2) is 18.8 Å². The number of anilines is 3. The summed E-state index contributed by atoms with van der Waals surface area (Å²) in [6, 6.07) is 8.58. The number of nitrogens with two attached hydrogens (primary N) is 3. The Balaban J connectivity index is 2.54. The van der Waals surface area contributed by atoms with Crippen molar-refractivity contribution in [3.8, 4) is 16.9 Å². The standard InChI is InChI=1S/C15H19N3O2/c1-20-5-4-9-6-12(15(18)13(17)7-9)11-8-10(16)2-3-14(11)19/h2-3,6-8,19H,4-5,16-18H2,1H3. The minimum Gasteiger partial charge on any atom is -0.507 e. The molecule has 2 aromatic rings. The smallest absolute Gasteiger partial charge is 0.123 e. The molecule has 0 saturated carbocycles. The van der Waals surface area contributed by atoms with Crippen LogP contribution in [0.4, 0.5) is 17.1 Å². The van der Waals surface area contributed by atoms with Crippen LogP contribution in [0.25, 0.3) is 11.1 Å². The Labute approximate surface area is 118 Å². The Morgan fingerprint density at radius 3 is 2.50 bits per heavy atom. The summed E-state index contributed by atoms with van der Waals surface area (Å²) in [6.45, 7) is 0.589. The predicted molar refractivity (Wildman–Crippen MR) is 82.4 cm³/mol. The molecule has 5 nitrogen and oxygen atoms in total. The van der Waals surface area contributed by atoms with Crippen LogP contribution >= 0.6 is 0 Å². The van der Waals surface area contributed by atoms with E-state index >= 15 is 0 Å². The lowest BCUT2D eigenvalue weighted by Crippen LogP contribution is -2.02. The van der Waals surface area contributed by atoms with E-state index in [1.165, 1.54) is 0 Å². The molecule has 0 spiro atoms. The highest BCUT2D eigenvalue weighted by atomic mass is 16.5. The van der Waals surface area contributed by atoms with Gasteiger partial charge in [0.2, 0.25) is 0 Å². The summed E-state index contributed by atoms with van der Waals surface area (Å²) in [6.07, 6.45) is 0.719. The minimum absolute atomic E-state index is 0.120. The Bertz CT molecular complexity index is 627. The Morgan fingerprint density at radius 2 is 1.80 bits per heavy atom. The van der Waals surface area contributed by atoms with Gasteiger partial charge < -0.3 is 27.0 Å². The number of aromatic hydroxyl groups is 1. The topological polar surface area (TPSA) is 108 Å². The van der Waals surface area contributed by atoms with Gasteiger partial charge >= 0.3 is 0 Å². The predicted octanol–water partition coefficient (Wildman–Crippen LogP) is 1.99. The molecular weight excluding hydrogens is 254 g/mol.